The van der Waals surface area contributed by atoms with Crippen LogP contribution in [0.2, 0.25) is 0 Å². The van der Waals surface area contributed by atoms with Crippen LogP contribution in [0.1, 0.15) is 30.6 Å². The molecule has 2 aromatic carbocycles. The number of benzene rings is 2. The Morgan fingerprint density at radius 1 is 1.07 bits per heavy atom. The highest BCUT2D eigenvalue weighted by Crippen LogP contribution is 2.25. The number of nitrogens with one attached hydrogen (secondary N) is 1. The Morgan fingerprint density at radius 3 is 2.22 bits per heavy atom. The smallest absolute Gasteiger partial charge is 0.255 e. The third kappa shape index (κ3) is 4.28. The predicted octanol–water partition coefficient (Wildman–Crippen LogP) is 2.79. The zero-order chi connectivity index (χ0) is 19.6. The van der Waals surface area contributed by atoms with Gasteiger partial charge in [0.15, 0.2) is 0 Å². The van der Waals surface area contributed by atoms with Crippen molar-refractivity contribution in [3.8, 4) is 5.75 Å². The SMILES string of the molecule is CC(C)Oc1ccc(NC(=O)c2ccc(N3C(=O)CCS3(=O)=O)cc2)cc1. The van der Waals surface area contributed by atoms with Crippen LogP contribution in [0.15, 0.2) is 48.5 Å². The van der Waals surface area contributed by atoms with E-state index in [-0.39, 0.29) is 29.9 Å². The van der Waals surface area contributed by atoms with Crippen LogP contribution < -0.4 is 14.4 Å². The molecule has 1 aliphatic rings. The number of anilines is 2. The van der Waals surface area contributed by atoms with Crippen molar-refractivity contribution < 1.29 is 22.7 Å². The molecule has 0 aromatic heterocycles. The first-order chi connectivity index (χ1) is 12.8. The Kier molecular flexibility index (Phi) is 5.18. The van der Waals surface area contributed by atoms with Gasteiger partial charge >= 0.3 is 0 Å². The Labute approximate surface area is 158 Å². The lowest BCUT2D eigenvalue weighted by Gasteiger charge is -2.15. The molecule has 2 amide bonds. The molecule has 1 saturated heterocycles. The van der Waals surface area contributed by atoms with Gasteiger partial charge in [-0.25, -0.2) is 12.7 Å². The highest BCUT2D eigenvalue weighted by Gasteiger charge is 2.36. The maximum absolute atomic E-state index is 12.4. The zero-order valence-corrected chi connectivity index (χ0v) is 15.8. The summed E-state index contributed by atoms with van der Waals surface area (Å²) in [6, 6.07) is 12.9. The van der Waals surface area contributed by atoms with Crippen LogP contribution in [0.3, 0.4) is 0 Å². The first kappa shape index (κ1) is 18.9. The fraction of sp³-hybridized carbons (Fsp3) is 0.263. The normalized spacial score (nSPS) is 15.8. The Bertz CT molecular complexity index is 951. The lowest BCUT2D eigenvalue weighted by Crippen LogP contribution is -2.29. The molecule has 0 atom stereocenters. The minimum absolute atomic E-state index is 0.0267. The lowest BCUT2D eigenvalue weighted by atomic mass is 10.2. The molecule has 142 valence electrons. The van der Waals surface area contributed by atoms with Gasteiger partial charge < -0.3 is 10.1 Å². The van der Waals surface area contributed by atoms with Gasteiger partial charge in [0.05, 0.1) is 17.5 Å². The predicted molar refractivity (Wildman–Crippen MR) is 102 cm³/mol. The van der Waals surface area contributed by atoms with Crippen molar-refractivity contribution in [1.29, 1.82) is 0 Å². The van der Waals surface area contributed by atoms with Crippen LogP contribution in [0.4, 0.5) is 11.4 Å². The molecule has 1 aliphatic heterocycles. The molecule has 8 heteroatoms. The van der Waals surface area contributed by atoms with Gasteiger partial charge in [-0.2, -0.15) is 0 Å². The van der Waals surface area contributed by atoms with E-state index in [1.54, 1.807) is 24.3 Å². The number of rotatable bonds is 5. The number of hydrogen-bond donors (Lipinski definition) is 1. The van der Waals surface area contributed by atoms with Gasteiger partial charge in [-0.05, 0) is 62.4 Å². The van der Waals surface area contributed by atoms with E-state index in [2.05, 4.69) is 5.32 Å². The minimum Gasteiger partial charge on any atom is -0.491 e. The van der Waals surface area contributed by atoms with Gasteiger partial charge in [0.1, 0.15) is 5.75 Å². The van der Waals surface area contributed by atoms with E-state index in [9.17, 15) is 18.0 Å². The van der Waals surface area contributed by atoms with E-state index >= 15 is 0 Å². The van der Waals surface area contributed by atoms with Crippen LogP contribution in [0, 0.1) is 0 Å². The summed E-state index contributed by atoms with van der Waals surface area (Å²) in [6.45, 7) is 3.86. The van der Waals surface area contributed by atoms with Gasteiger partial charge in [-0.1, -0.05) is 0 Å². The van der Waals surface area contributed by atoms with Crippen molar-refractivity contribution in [2.24, 2.45) is 0 Å². The van der Waals surface area contributed by atoms with Crippen molar-refractivity contribution in [1.82, 2.24) is 0 Å². The second-order valence-corrected chi connectivity index (χ2v) is 8.35. The molecule has 27 heavy (non-hydrogen) atoms. The molecule has 7 nitrogen and oxygen atoms in total. The van der Waals surface area contributed by atoms with E-state index in [4.69, 9.17) is 4.74 Å². The summed E-state index contributed by atoms with van der Waals surface area (Å²) < 4.78 is 30.2. The summed E-state index contributed by atoms with van der Waals surface area (Å²) >= 11 is 0. The second-order valence-electron chi connectivity index (χ2n) is 6.42. The number of carbonyl (C=O) groups excluding carboxylic acids is 2. The largest absolute Gasteiger partial charge is 0.491 e. The number of hydrogen-bond acceptors (Lipinski definition) is 5. The summed E-state index contributed by atoms with van der Waals surface area (Å²) in [5.74, 6) is -0.278. The van der Waals surface area contributed by atoms with Crippen molar-refractivity contribution in [3.63, 3.8) is 0 Å². The van der Waals surface area contributed by atoms with E-state index in [0.29, 0.717) is 17.0 Å². The Hall–Kier alpha value is -2.87. The molecule has 0 bridgehead atoms. The molecule has 0 unspecified atom stereocenters. The first-order valence-corrected chi connectivity index (χ1v) is 10.1. The van der Waals surface area contributed by atoms with Crippen molar-refractivity contribution in [2.45, 2.75) is 26.4 Å². The minimum atomic E-state index is -3.61. The van der Waals surface area contributed by atoms with E-state index in [0.717, 1.165) is 4.31 Å². The van der Waals surface area contributed by atoms with E-state index in [1.807, 2.05) is 13.8 Å². The number of nitrogens with zero attached hydrogens (tertiary/aromatic N) is 1. The zero-order valence-electron chi connectivity index (χ0n) is 15.0. The fourth-order valence-electron chi connectivity index (χ4n) is 2.71. The quantitative estimate of drug-likeness (QED) is 0.850. The highest BCUT2D eigenvalue weighted by atomic mass is 32.2. The molecule has 0 radical (unpaired) electrons. The Balaban J connectivity index is 1.70. The molecular formula is C19H20N2O5S. The molecule has 1 fully saturated rings. The summed E-state index contributed by atoms with van der Waals surface area (Å²) in [5.41, 5.74) is 1.20. The molecule has 0 aliphatic carbocycles. The summed E-state index contributed by atoms with van der Waals surface area (Å²) in [7, 11) is -3.61. The van der Waals surface area contributed by atoms with Crippen LogP contribution in [0.5, 0.6) is 5.75 Å². The third-order valence-corrected chi connectivity index (χ3v) is 5.62. The van der Waals surface area contributed by atoms with Gasteiger partial charge in [-0.15, -0.1) is 0 Å². The maximum Gasteiger partial charge on any atom is 0.255 e. The molecule has 2 aromatic rings. The highest BCUT2D eigenvalue weighted by molar-refractivity contribution is 7.94. The lowest BCUT2D eigenvalue weighted by molar-refractivity contribution is -0.116. The van der Waals surface area contributed by atoms with Gasteiger partial charge in [-0.3, -0.25) is 9.59 Å². The van der Waals surface area contributed by atoms with Crippen LogP contribution in [-0.2, 0) is 14.8 Å². The number of sulfonamides is 1. The molecule has 1 heterocycles. The molecular weight excluding hydrogens is 368 g/mol. The average molecular weight is 388 g/mol. The number of carbonyl (C=O) groups is 2. The molecule has 3 rings (SSSR count). The Morgan fingerprint density at radius 2 is 1.70 bits per heavy atom. The summed E-state index contributed by atoms with van der Waals surface area (Å²) in [6.07, 6.45) is 0.0384. The first-order valence-electron chi connectivity index (χ1n) is 8.50. The standard InChI is InChI=1S/C19H20N2O5S/c1-13(2)26-17-9-5-15(6-10-17)20-19(23)14-3-7-16(8-4-14)21-18(22)11-12-27(21,24)25/h3-10,13H,11-12H2,1-2H3,(H,20,23). The van der Waals surface area contributed by atoms with Crippen LogP contribution >= 0.6 is 0 Å². The van der Waals surface area contributed by atoms with E-state index in [1.165, 1.54) is 24.3 Å². The summed E-state index contributed by atoms with van der Waals surface area (Å²) in [4.78, 5) is 24.2. The van der Waals surface area contributed by atoms with Crippen molar-refractivity contribution in [2.75, 3.05) is 15.4 Å². The molecule has 0 spiro atoms. The van der Waals surface area contributed by atoms with Crippen molar-refractivity contribution in [3.05, 3.63) is 54.1 Å². The molecule has 1 N–H and O–H groups in total. The van der Waals surface area contributed by atoms with Gasteiger partial charge in [0.25, 0.3) is 5.91 Å². The van der Waals surface area contributed by atoms with E-state index < -0.39 is 15.9 Å². The maximum atomic E-state index is 12.4. The topological polar surface area (TPSA) is 92.8 Å². The van der Waals surface area contributed by atoms with Crippen molar-refractivity contribution >= 4 is 33.2 Å². The second kappa shape index (κ2) is 7.40. The van der Waals surface area contributed by atoms with Gasteiger partial charge in [0, 0.05) is 17.7 Å². The number of ether oxygens (including phenoxy) is 1. The van der Waals surface area contributed by atoms with Crippen LogP contribution in [-0.4, -0.2) is 32.1 Å². The third-order valence-electron chi connectivity index (χ3n) is 3.93. The summed E-state index contributed by atoms with van der Waals surface area (Å²) in [5, 5.41) is 2.76. The number of amides is 2. The monoisotopic (exact) mass is 388 g/mol. The average Bonchev–Trinajstić information content (AvgIpc) is 2.89. The van der Waals surface area contributed by atoms with Crippen LogP contribution in [0.25, 0.3) is 0 Å². The molecule has 0 saturated carbocycles. The fourth-order valence-corrected chi connectivity index (χ4v) is 4.17. The van der Waals surface area contributed by atoms with Gasteiger partial charge in [0.2, 0.25) is 15.9 Å².